The van der Waals surface area contributed by atoms with Crippen molar-refractivity contribution in [2.45, 2.75) is 32.1 Å². The largest absolute Gasteiger partial charge is 0.465 e. The Morgan fingerprint density at radius 2 is 2.05 bits per heavy atom. The molecule has 1 aliphatic rings. The number of carbonyl (C=O) groups excluding carboxylic acids is 1. The molecule has 1 aromatic rings. The molecule has 1 aromatic carbocycles. The zero-order valence-electron chi connectivity index (χ0n) is 11.2. The fourth-order valence-electron chi connectivity index (χ4n) is 2.58. The van der Waals surface area contributed by atoms with Gasteiger partial charge in [-0.15, -0.1) is 0 Å². The van der Waals surface area contributed by atoms with Gasteiger partial charge in [0.05, 0.1) is 12.7 Å². The van der Waals surface area contributed by atoms with E-state index in [2.05, 4.69) is 21.2 Å². The number of ether oxygens (including phenoxy) is 1. The lowest BCUT2D eigenvalue weighted by Crippen LogP contribution is -2.17. The SMILES string of the molecule is COC(=O)c1cc(Br)cc(NCC2CCCCC2)c1. The van der Waals surface area contributed by atoms with E-state index >= 15 is 0 Å². The number of nitrogens with one attached hydrogen (secondary N) is 1. The minimum absolute atomic E-state index is 0.304. The molecule has 1 aliphatic carbocycles. The first-order chi connectivity index (χ1) is 9.19. The molecule has 0 unspecified atom stereocenters. The summed E-state index contributed by atoms with van der Waals surface area (Å²) in [5.41, 5.74) is 1.54. The molecule has 0 spiro atoms. The van der Waals surface area contributed by atoms with Gasteiger partial charge in [0.1, 0.15) is 0 Å². The Kier molecular flexibility index (Phi) is 5.25. The molecule has 0 amide bonds. The topological polar surface area (TPSA) is 38.3 Å². The first-order valence-electron chi connectivity index (χ1n) is 6.82. The average Bonchev–Trinajstić information content (AvgIpc) is 2.45. The number of rotatable bonds is 4. The Bertz CT molecular complexity index is 442. The normalized spacial score (nSPS) is 16.1. The summed E-state index contributed by atoms with van der Waals surface area (Å²) in [4.78, 5) is 11.6. The van der Waals surface area contributed by atoms with E-state index < -0.39 is 0 Å². The van der Waals surface area contributed by atoms with E-state index in [9.17, 15) is 4.79 Å². The first-order valence-corrected chi connectivity index (χ1v) is 7.61. The summed E-state index contributed by atoms with van der Waals surface area (Å²) in [6.07, 6.45) is 6.69. The second kappa shape index (κ2) is 6.94. The molecule has 104 valence electrons. The lowest BCUT2D eigenvalue weighted by molar-refractivity contribution is 0.0600. The number of hydrogen-bond donors (Lipinski definition) is 1. The second-order valence-corrected chi connectivity index (χ2v) is 6.02. The van der Waals surface area contributed by atoms with Gasteiger partial charge in [-0.1, -0.05) is 35.2 Å². The summed E-state index contributed by atoms with van der Waals surface area (Å²) in [6, 6.07) is 5.62. The fraction of sp³-hybridized carbons (Fsp3) is 0.533. The van der Waals surface area contributed by atoms with Crippen molar-refractivity contribution < 1.29 is 9.53 Å². The number of esters is 1. The van der Waals surface area contributed by atoms with Gasteiger partial charge in [-0.25, -0.2) is 4.79 Å². The van der Waals surface area contributed by atoms with Crippen molar-refractivity contribution in [1.29, 1.82) is 0 Å². The Morgan fingerprint density at radius 3 is 2.74 bits per heavy atom. The van der Waals surface area contributed by atoms with Crippen LogP contribution in [0.3, 0.4) is 0 Å². The molecule has 0 saturated heterocycles. The molecule has 0 aliphatic heterocycles. The molecule has 0 bridgehead atoms. The maximum atomic E-state index is 11.6. The van der Waals surface area contributed by atoms with Crippen LogP contribution < -0.4 is 5.32 Å². The molecular formula is C15H20BrNO2. The number of benzene rings is 1. The third-order valence-electron chi connectivity index (χ3n) is 3.64. The van der Waals surface area contributed by atoms with Crippen molar-refractivity contribution >= 4 is 27.6 Å². The Morgan fingerprint density at radius 1 is 1.32 bits per heavy atom. The molecule has 1 N–H and O–H groups in total. The quantitative estimate of drug-likeness (QED) is 0.842. The summed E-state index contributed by atoms with van der Waals surface area (Å²) in [7, 11) is 1.40. The van der Waals surface area contributed by atoms with E-state index in [1.54, 1.807) is 6.07 Å². The summed E-state index contributed by atoms with van der Waals surface area (Å²) in [5.74, 6) is 0.455. The van der Waals surface area contributed by atoms with Crippen LogP contribution in [0.1, 0.15) is 42.5 Å². The van der Waals surface area contributed by atoms with E-state index in [-0.39, 0.29) is 5.97 Å². The van der Waals surface area contributed by atoms with Gasteiger partial charge in [-0.05, 0) is 37.0 Å². The van der Waals surface area contributed by atoms with Crippen LogP contribution >= 0.6 is 15.9 Å². The number of carbonyl (C=O) groups is 1. The van der Waals surface area contributed by atoms with Gasteiger partial charge in [0.25, 0.3) is 0 Å². The van der Waals surface area contributed by atoms with Gasteiger partial charge in [-0.2, -0.15) is 0 Å². The number of anilines is 1. The van der Waals surface area contributed by atoms with Gasteiger partial charge in [0, 0.05) is 16.7 Å². The first kappa shape index (κ1) is 14.4. The van der Waals surface area contributed by atoms with Crippen LogP contribution in [0.5, 0.6) is 0 Å². The molecule has 4 heteroatoms. The highest BCUT2D eigenvalue weighted by Crippen LogP contribution is 2.25. The molecule has 19 heavy (non-hydrogen) atoms. The monoisotopic (exact) mass is 325 g/mol. The standard InChI is InChI=1S/C15H20BrNO2/c1-19-15(18)12-7-13(16)9-14(8-12)17-10-11-5-3-2-4-6-11/h7-9,11,17H,2-6,10H2,1H3. The molecule has 2 rings (SSSR count). The summed E-state index contributed by atoms with van der Waals surface area (Å²) in [6.45, 7) is 0.983. The van der Waals surface area contributed by atoms with Crippen LogP contribution in [-0.2, 0) is 4.74 Å². The smallest absolute Gasteiger partial charge is 0.337 e. The van der Waals surface area contributed by atoms with Crippen LogP contribution in [0.15, 0.2) is 22.7 Å². The zero-order chi connectivity index (χ0) is 13.7. The van der Waals surface area contributed by atoms with E-state index in [4.69, 9.17) is 4.74 Å². The van der Waals surface area contributed by atoms with Crippen LogP contribution in [-0.4, -0.2) is 19.6 Å². The van der Waals surface area contributed by atoms with Crippen molar-refractivity contribution in [3.63, 3.8) is 0 Å². The highest BCUT2D eigenvalue weighted by molar-refractivity contribution is 9.10. The van der Waals surface area contributed by atoms with Crippen LogP contribution in [0.25, 0.3) is 0 Å². The van der Waals surface area contributed by atoms with Crippen LogP contribution in [0, 0.1) is 5.92 Å². The van der Waals surface area contributed by atoms with E-state index in [0.717, 1.165) is 22.6 Å². The number of methoxy groups -OCH3 is 1. The Labute approximate surface area is 122 Å². The zero-order valence-corrected chi connectivity index (χ0v) is 12.8. The molecule has 0 atom stereocenters. The second-order valence-electron chi connectivity index (χ2n) is 5.11. The Hall–Kier alpha value is -1.03. The molecule has 3 nitrogen and oxygen atoms in total. The van der Waals surface area contributed by atoms with Crippen molar-refractivity contribution in [1.82, 2.24) is 0 Å². The fourth-order valence-corrected chi connectivity index (χ4v) is 3.07. The highest BCUT2D eigenvalue weighted by atomic mass is 79.9. The van der Waals surface area contributed by atoms with Crippen LogP contribution in [0.2, 0.25) is 0 Å². The van der Waals surface area contributed by atoms with Crippen molar-refractivity contribution in [3.05, 3.63) is 28.2 Å². The molecule has 0 radical (unpaired) electrons. The predicted octanol–water partition coefficient (Wildman–Crippen LogP) is 4.23. The average molecular weight is 326 g/mol. The summed E-state index contributed by atoms with van der Waals surface area (Å²) in [5, 5.41) is 3.44. The minimum atomic E-state index is -0.304. The van der Waals surface area contributed by atoms with Crippen molar-refractivity contribution in [3.8, 4) is 0 Å². The molecule has 1 saturated carbocycles. The van der Waals surface area contributed by atoms with Crippen LogP contribution in [0.4, 0.5) is 5.69 Å². The Balaban J connectivity index is 1.99. The minimum Gasteiger partial charge on any atom is -0.465 e. The number of halogens is 1. The maximum absolute atomic E-state index is 11.6. The molecule has 0 heterocycles. The summed E-state index contributed by atoms with van der Waals surface area (Å²) < 4.78 is 5.64. The van der Waals surface area contributed by atoms with Gasteiger partial charge in [-0.3, -0.25) is 0 Å². The van der Waals surface area contributed by atoms with E-state index in [1.165, 1.54) is 39.2 Å². The van der Waals surface area contributed by atoms with Gasteiger partial charge < -0.3 is 10.1 Å². The van der Waals surface area contributed by atoms with E-state index in [1.807, 2.05) is 12.1 Å². The molecule has 0 aromatic heterocycles. The molecule has 1 fully saturated rings. The summed E-state index contributed by atoms with van der Waals surface area (Å²) >= 11 is 3.43. The number of hydrogen-bond acceptors (Lipinski definition) is 3. The van der Waals surface area contributed by atoms with Gasteiger partial charge >= 0.3 is 5.97 Å². The maximum Gasteiger partial charge on any atom is 0.337 e. The van der Waals surface area contributed by atoms with Crippen molar-refractivity contribution in [2.75, 3.05) is 19.0 Å². The molecular weight excluding hydrogens is 306 g/mol. The predicted molar refractivity (Wildman–Crippen MR) is 80.5 cm³/mol. The lowest BCUT2D eigenvalue weighted by atomic mass is 9.89. The third kappa shape index (κ3) is 4.23. The van der Waals surface area contributed by atoms with Gasteiger partial charge in [0.15, 0.2) is 0 Å². The lowest BCUT2D eigenvalue weighted by Gasteiger charge is -2.22. The third-order valence-corrected chi connectivity index (χ3v) is 4.10. The van der Waals surface area contributed by atoms with E-state index in [0.29, 0.717) is 5.56 Å². The van der Waals surface area contributed by atoms with Crippen molar-refractivity contribution in [2.24, 2.45) is 5.92 Å². The van der Waals surface area contributed by atoms with Gasteiger partial charge in [0.2, 0.25) is 0 Å². The highest BCUT2D eigenvalue weighted by Gasteiger charge is 2.13.